The Labute approximate surface area is 119 Å². The summed E-state index contributed by atoms with van der Waals surface area (Å²) in [6, 6.07) is 7.15. The molecule has 0 bridgehead atoms. The molecule has 0 saturated heterocycles. The van der Waals surface area contributed by atoms with Crippen molar-refractivity contribution in [1.29, 1.82) is 5.41 Å². The number of nitrogens with zero attached hydrogens (tertiary/aromatic N) is 1. The molecule has 1 aromatic rings. The molecule has 0 aromatic heterocycles. The van der Waals surface area contributed by atoms with Gasteiger partial charge in [0.25, 0.3) is 0 Å². The van der Waals surface area contributed by atoms with Crippen molar-refractivity contribution in [3.05, 3.63) is 41.7 Å². The molecule has 2 rings (SSSR count). The zero-order chi connectivity index (χ0) is 14.5. The Morgan fingerprint density at radius 2 is 2.10 bits per heavy atom. The Bertz CT molecular complexity index is 493. The lowest BCUT2D eigenvalue weighted by atomic mass is 9.98. The predicted molar refractivity (Wildman–Crippen MR) is 81.2 cm³/mol. The average molecular weight is 275 g/mol. The van der Waals surface area contributed by atoms with Crippen molar-refractivity contribution < 1.29 is 4.39 Å². The van der Waals surface area contributed by atoms with Gasteiger partial charge in [0.15, 0.2) is 0 Å². The van der Waals surface area contributed by atoms with Crippen LogP contribution in [0.3, 0.4) is 0 Å². The van der Waals surface area contributed by atoms with Gasteiger partial charge in [-0.05, 0) is 43.0 Å². The van der Waals surface area contributed by atoms with Crippen LogP contribution in [0.2, 0.25) is 0 Å². The fourth-order valence-corrected chi connectivity index (χ4v) is 2.56. The van der Waals surface area contributed by atoms with Crippen LogP contribution >= 0.6 is 0 Å². The van der Waals surface area contributed by atoms with Crippen LogP contribution in [0.1, 0.15) is 31.7 Å². The highest BCUT2D eigenvalue weighted by molar-refractivity contribution is 5.76. The summed E-state index contributed by atoms with van der Waals surface area (Å²) in [6.07, 6.45) is 4.79. The summed E-state index contributed by atoms with van der Waals surface area (Å²) in [5.41, 5.74) is 7.81. The Morgan fingerprint density at radius 1 is 1.40 bits per heavy atom. The van der Waals surface area contributed by atoms with Gasteiger partial charge in [0.05, 0.1) is 5.84 Å². The van der Waals surface area contributed by atoms with E-state index in [2.05, 4.69) is 17.9 Å². The van der Waals surface area contributed by atoms with E-state index >= 15 is 0 Å². The van der Waals surface area contributed by atoms with Crippen molar-refractivity contribution in [2.75, 3.05) is 13.1 Å². The molecule has 3 N–H and O–H groups in total. The van der Waals surface area contributed by atoms with Gasteiger partial charge in [0, 0.05) is 25.6 Å². The van der Waals surface area contributed by atoms with Gasteiger partial charge in [-0.1, -0.05) is 18.2 Å². The largest absolute Gasteiger partial charge is 0.388 e. The number of benzene rings is 1. The first-order valence-electron chi connectivity index (χ1n) is 7.08. The maximum absolute atomic E-state index is 12.9. The zero-order valence-electron chi connectivity index (χ0n) is 11.9. The summed E-state index contributed by atoms with van der Waals surface area (Å²) < 4.78 is 12.9. The van der Waals surface area contributed by atoms with Crippen LogP contribution in [0.25, 0.3) is 5.57 Å². The van der Waals surface area contributed by atoms with E-state index in [4.69, 9.17) is 11.1 Å². The van der Waals surface area contributed by atoms with E-state index in [0.29, 0.717) is 12.5 Å². The first-order valence-corrected chi connectivity index (χ1v) is 7.08. The smallest absolute Gasteiger partial charge is 0.123 e. The van der Waals surface area contributed by atoms with Gasteiger partial charge in [-0.25, -0.2) is 4.39 Å². The standard InChI is InChI=1S/C16H22FN3/c1-12(2-7-16(18)19)20-10-8-14(9-11-20)13-3-5-15(17)6-4-13/h3-6,8,12H,2,7,9-11H2,1H3,(H3,18,19). The molecule has 0 radical (unpaired) electrons. The van der Waals surface area contributed by atoms with E-state index in [1.807, 2.05) is 12.1 Å². The molecule has 1 aliphatic rings. The molecule has 1 aromatic carbocycles. The topological polar surface area (TPSA) is 53.1 Å². The molecule has 0 saturated carbocycles. The van der Waals surface area contributed by atoms with Gasteiger partial charge >= 0.3 is 0 Å². The molecule has 1 atom stereocenters. The maximum atomic E-state index is 12.9. The minimum Gasteiger partial charge on any atom is -0.388 e. The Hall–Kier alpha value is -1.68. The molecule has 1 aliphatic heterocycles. The van der Waals surface area contributed by atoms with E-state index in [0.717, 1.165) is 31.5 Å². The minimum absolute atomic E-state index is 0.190. The molecule has 1 heterocycles. The number of nitrogens with one attached hydrogen (secondary N) is 1. The Kier molecular flexibility index (Phi) is 4.90. The van der Waals surface area contributed by atoms with Crippen LogP contribution in [0.4, 0.5) is 4.39 Å². The van der Waals surface area contributed by atoms with E-state index in [-0.39, 0.29) is 11.7 Å². The third-order valence-corrected chi connectivity index (χ3v) is 3.91. The number of hydrogen-bond donors (Lipinski definition) is 2. The molecule has 0 amide bonds. The van der Waals surface area contributed by atoms with Crippen molar-refractivity contribution in [2.24, 2.45) is 5.73 Å². The molecule has 3 nitrogen and oxygen atoms in total. The van der Waals surface area contributed by atoms with E-state index in [1.54, 1.807) is 0 Å². The van der Waals surface area contributed by atoms with Crippen molar-refractivity contribution in [3.8, 4) is 0 Å². The second-order valence-corrected chi connectivity index (χ2v) is 5.39. The normalized spacial score (nSPS) is 17.6. The van der Waals surface area contributed by atoms with Crippen molar-refractivity contribution in [1.82, 2.24) is 4.90 Å². The van der Waals surface area contributed by atoms with Gasteiger partial charge in [-0.3, -0.25) is 10.3 Å². The van der Waals surface area contributed by atoms with Crippen LogP contribution in [0, 0.1) is 11.2 Å². The summed E-state index contributed by atoms with van der Waals surface area (Å²) in [6.45, 7) is 4.09. The number of rotatable bonds is 5. The molecule has 0 spiro atoms. The molecule has 20 heavy (non-hydrogen) atoms. The lowest BCUT2D eigenvalue weighted by Crippen LogP contribution is -2.37. The number of amidine groups is 1. The molecular weight excluding hydrogens is 253 g/mol. The lowest BCUT2D eigenvalue weighted by Gasteiger charge is -2.32. The Balaban J connectivity index is 1.92. The zero-order valence-corrected chi connectivity index (χ0v) is 11.9. The quantitative estimate of drug-likeness (QED) is 0.641. The molecular formula is C16H22FN3. The van der Waals surface area contributed by atoms with Gasteiger partial charge in [-0.2, -0.15) is 0 Å². The highest BCUT2D eigenvalue weighted by Gasteiger charge is 2.17. The molecule has 0 aliphatic carbocycles. The van der Waals surface area contributed by atoms with Crippen LogP contribution in [0.15, 0.2) is 30.3 Å². The highest BCUT2D eigenvalue weighted by Crippen LogP contribution is 2.24. The predicted octanol–water partition coefficient (Wildman–Crippen LogP) is 3.02. The fourth-order valence-electron chi connectivity index (χ4n) is 2.56. The van der Waals surface area contributed by atoms with E-state index < -0.39 is 0 Å². The van der Waals surface area contributed by atoms with Crippen LogP contribution in [-0.4, -0.2) is 29.9 Å². The Morgan fingerprint density at radius 3 is 2.65 bits per heavy atom. The average Bonchev–Trinajstić information content (AvgIpc) is 2.46. The number of halogens is 1. The summed E-state index contributed by atoms with van der Waals surface area (Å²) in [7, 11) is 0. The van der Waals surface area contributed by atoms with E-state index in [1.165, 1.54) is 17.7 Å². The third-order valence-electron chi connectivity index (χ3n) is 3.91. The van der Waals surface area contributed by atoms with Crippen LogP contribution < -0.4 is 5.73 Å². The summed E-state index contributed by atoms with van der Waals surface area (Å²) in [4.78, 5) is 2.40. The fraction of sp³-hybridized carbons (Fsp3) is 0.438. The summed E-state index contributed by atoms with van der Waals surface area (Å²) in [5, 5.41) is 7.28. The summed E-state index contributed by atoms with van der Waals surface area (Å²) in [5.74, 6) is 0.0704. The number of hydrogen-bond acceptors (Lipinski definition) is 2. The van der Waals surface area contributed by atoms with Crippen LogP contribution in [-0.2, 0) is 0 Å². The van der Waals surface area contributed by atoms with Crippen molar-refractivity contribution >= 4 is 11.4 Å². The van der Waals surface area contributed by atoms with Gasteiger partial charge in [-0.15, -0.1) is 0 Å². The lowest BCUT2D eigenvalue weighted by molar-refractivity contribution is 0.222. The van der Waals surface area contributed by atoms with Gasteiger partial charge in [0.1, 0.15) is 5.82 Å². The van der Waals surface area contributed by atoms with Gasteiger partial charge < -0.3 is 5.73 Å². The number of nitrogens with two attached hydrogens (primary N) is 1. The minimum atomic E-state index is -0.190. The monoisotopic (exact) mass is 275 g/mol. The molecule has 1 unspecified atom stereocenters. The second-order valence-electron chi connectivity index (χ2n) is 5.39. The van der Waals surface area contributed by atoms with Crippen molar-refractivity contribution in [3.63, 3.8) is 0 Å². The molecule has 0 fully saturated rings. The summed E-state index contributed by atoms with van der Waals surface area (Å²) >= 11 is 0. The molecule has 108 valence electrons. The van der Waals surface area contributed by atoms with E-state index in [9.17, 15) is 4.39 Å². The maximum Gasteiger partial charge on any atom is 0.123 e. The molecule has 4 heteroatoms. The van der Waals surface area contributed by atoms with Crippen molar-refractivity contribution in [2.45, 2.75) is 32.2 Å². The second kappa shape index (κ2) is 6.66. The van der Waals surface area contributed by atoms with Crippen LogP contribution in [0.5, 0.6) is 0 Å². The van der Waals surface area contributed by atoms with Gasteiger partial charge in [0.2, 0.25) is 0 Å². The SMILES string of the molecule is CC(CCC(=N)N)N1CC=C(c2ccc(F)cc2)CC1. The highest BCUT2D eigenvalue weighted by atomic mass is 19.1. The third kappa shape index (κ3) is 3.90. The first kappa shape index (κ1) is 14.7. The first-order chi connectivity index (χ1) is 9.56.